The van der Waals surface area contributed by atoms with Gasteiger partial charge in [0.15, 0.2) is 0 Å². The Morgan fingerprint density at radius 3 is 3.15 bits per heavy atom. The van der Waals surface area contributed by atoms with Crippen LogP contribution in [0.15, 0.2) is 24.3 Å². The second-order valence-corrected chi connectivity index (χ2v) is 5.26. The number of nitrogens with two attached hydrogens (primary N) is 1. The van der Waals surface area contributed by atoms with Crippen molar-refractivity contribution in [3.05, 3.63) is 29.8 Å². The normalized spacial score (nSPS) is 20.0. The van der Waals surface area contributed by atoms with Crippen LogP contribution < -0.4 is 10.5 Å². The molecule has 2 N–H and O–H groups in total. The fraction of sp³-hybridized carbons (Fsp3) is 0.625. The van der Waals surface area contributed by atoms with Gasteiger partial charge < -0.3 is 15.2 Å². The highest BCUT2D eigenvalue weighted by Gasteiger charge is 2.18. The quantitative estimate of drug-likeness (QED) is 0.775. The maximum absolute atomic E-state index is 5.78. The van der Waals surface area contributed by atoms with Crippen LogP contribution in [-0.4, -0.2) is 43.9 Å². The van der Waals surface area contributed by atoms with Crippen molar-refractivity contribution in [3.63, 3.8) is 0 Å². The topological polar surface area (TPSA) is 47.7 Å². The minimum atomic E-state index is 0.408. The van der Waals surface area contributed by atoms with E-state index in [1.807, 2.05) is 24.3 Å². The van der Waals surface area contributed by atoms with Gasteiger partial charge in [0.25, 0.3) is 0 Å². The van der Waals surface area contributed by atoms with Crippen LogP contribution in [0.25, 0.3) is 0 Å². The van der Waals surface area contributed by atoms with Crippen LogP contribution in [0.1, 0.15) is 25.3 Å². The largest absolute Gasteiger partial charge is 0.494 e. The molecule has 0 amide bonds. The van der Waals surface area contributed by atoms with Crippen molar-refractivity contribution in [1.82, 2.24) is 4.90 Å². The molecule has 1 saturated heterocycles. The second kappa shape index (κ2) is 8.25. The van der Waals surface area contributed by atoms with Crippen molar-refractivity contribution >= 4 is 0 Å². The third kappa shape index (κ3) is 4.78. The number of nitrogens with zero attached hydrogens (tertiary/aromatic N) is 1. The van der Waals surface area contributed by atoms with Crippen LogP contribution >= 0.6 is 0 Å². The van der Waals surface area contributed by atoms with E-state index in [0.717, 1.165) is 57.0 Å². The van der Waals surface area contributed by atoms with Gasteiger partial charge in [-0.1, -0.05) is 19.1 Å². The third-order valence-electron chi connectivity index (χ3n) is 3.70. The van der Waals surface area contributed by atoms with Crippen LogP contribution in [0.5, 0.6) is 5.75 Å². The molecule has 0 radical (unpaired) electrons. The van der Waals surface area contributed by atoms with Crippen molar-refractivity contribution in [1.29, 1.82) is 0 Å². The molecule has 4 nitrogen and oxygen atoms in total. The predicted molar refractivity (Wildman–Crippen MR) is 80.9 cm³/mol. The summed E-state index contributed by atoms with van der Waals surface area (Å²) in [6, 6.07) is 8.01. The first-order valence-electron chi connectivity index (χ1n) is 7.57. The van der Waals surface area contributed by atoms with Gasteiger partial charge in [0, 0.05) is 26.2 Å². The van der Waals surface area contributed by atoms with Crippen LogP contribution in [0.2, 0.25) is 0 Å². The average Bonchev–Trinajstić information content (AvgIpc) is 2.52. The smallest absolute Gasteiger partial charge is 0.119 e. The molecule has 1 heterocycles. The minimum absolute atomic E-state index is 0.408. The molecule has 20 heavy (non-hydrogen) atoms. The molecule has 1 aliphatic heterocycles. The lowest BCUT2D eigenvalue weighted by atomic mass is 10.2. The molecule has 1 unspecified atom stereocenters. The molecule has 0 bridgehead atoms. The van der Waals surface area contributed by atoms with E-state index in [0.29, 0.717) is 12.6 Å². The van der Waals surface area contributed by atoms with E-state index in [2.05, 4.69) is 11.8 Å². The molecule has 1 aliphatic rings. The highest BCUT2D eigenvalue weighted by molar-refractivity contribution is 5.28. The highest BCUT2D eigenvalue weighted by Crippen LogP contribution is 2.13. The summed E-state index contributed by atoms with van der Waals surface area (Å²) >= 11 is 0. The predicted octanol–water partition coefficient (Wildman–Crippen LogP) is 2.03. The van der Waals surface area contributed by atoms with Gasteiger partial charge in [-0.2, -0.15) is 0 Å². The van der Waals surface area contributed by atoms with E-state index < -0.39 is 0 Å². The number of hydrogen-bond donors (Lipinski definition) is 1. The van der Waals surface area contributed by atoms with Gasteiger partial charge in [0.1, 0.15) is 5.75 Å². The van der Waals surface area contributed by atoms with E-state index >= 15 is 0 Å². The van der Waals surface area contributed by atoms with Crippen molar-refractivity contribution in [2.75, 3.05) is 32.8 Å². The third-order valence-corrected chi connectivity index (χ3v) is 3.70. The Labute approximate surface area is 121 Å². The maximum Gasteiger partial charge on any atom is 0.119 e. The second-order valence-electron chi connectivity index (χ2n) is 5.26. The number of benzene rings is 1. The first-order valence-corrected chi connectivity index (χ1v) is 7.57. The molecule has 1 atom stereocenters. The summed E-state index contributed by atoms with van der Waals surface area (Å²) in [5.41, 5.74) is 6.74. The summed E-state index contributed by atoms with van der Waals surface area (Å²) in [6.45, 7) is 7.53. The zero-order chi connectivity index (χ0) is 14.2. The number of hydrogen-bond acceptors (Lipinski definition) is 4. The molecular formula is C16H26N2O2. The minimum Gasteiger partial charge on any atom is -0.494 e. The van der Waals surface area contributed by atoms with Crippen LogP contribution in [0, 0.1) is 0 Å². The Kier molecular flexibility index (Phi) is 6.30. The monoisotopic (exact) mass is 278 g/mol. The summed E-state index contributed by atoms with van der Waals surface area (Å²) in [4.78, 5) is 2.47. The summed E-state index contributed by atoms with van der Waals surface area (Å²) < 4.78 is 11.5. The van der Waals surface area contributed by atoms with Crippen LogP contribution in [0.3, 0.4) is 0 Å². The molecule has 0 aromatic heterocycles. The van der Waals surface area contributed by atoms with Crippen molar-refractivity contribution in [2.45, 2.75) is 32.4 Å². The lowest BCUT2D eigenvalue weighted by Crippen LogP contribution is -2.42. The maximum atomic E-state index is 5.78. The van der Waals surface area contributed by atoms with Gasteiger partial charge in [-0.05, 0) is 30.5 Å². The number of ether oxygens (including phenoxy) is 2. The summed E-state index contributed by atoms with van der Waals surface area (Å²) in [6.07, 6.45) is 2.55. The summed E-state index contributed by atoms with van der Waals surface area (Å²) in [5.74, 6) is 0.918. The lowest BCUT2D eigenvalue weighted by Gasteiger charge is -2.32. The zero-order valence-electron chi connectivity index (χ0n) is 12.4. The first kappa shape index (κ1) is 15.3. The summed E-state index contributed by atoms with van der Waals surface area (Å²) in [5, 5.41) is 0. The van der Waals surface area contributed by atoms with Crippen molar-refractivity contribution in [2.24, 2.45) is 5.73 Å². The van der Waals surface area contributed by atoms with Gasteiger partial charge >= 0.3 is 0 Å². The average molecular weight is 278 g/mol. The molecule has 2 rings (SSSR count). The van der Waals surface area contributed by atoms with E-state index in [1.165, 1.54) is 0 Å². The Morgan fingerprint density at radius 1 is 1.45 bits per heavy atom. The molecule has 112 valence electrons. The Morgan fingerprint density at radius 2 is 2.35 bits per heavy atom. The summed E-state index contributed by atoms with van der Waals surface area (Å²) in [7, 11) is 0. The van der Waals surface area contributed by atoms with Gasteiger partial charge in [-0.25, -0.2) is 0 Å². The highest BCUT2D eigenvalue weighted by atomic mass is 16.5. The molecule has 1 fully saturated rings. The standard InChI is InChI=1S/C16H26N2O2/c1-2-15-13-18(8-10-20-15)7-4-9-19-16-6-3-5-14(11-16)12-17/h3,5-6,11,15H,2,4,7-10,12-13,17H2,1H3. The first-order chi connectivity index (χ1) is 9.81. The lowest BCUT2D eigenvalue weighted by molar-refractivity contribution is -0.0306. The molecule has 1 aromatic rings. The van der Waals surface area contributed by atoms with E-state index in [4.69, 9.17) is 15.2 Å². The molecule has 1 aromatic carbocycles. The van der Waals surface area contributed by atoms with Gasteiger partial charge in [-0.15, -0.1) is 0 Å². The molecule has 0 spiro atoms. The molecule has 0 aliphatic carbocycles. The fourth-order valence-corrected chi connectivity index (χ4v) is 2.47. The molecule has 4 heteroatoms. The van der Waals surface area contributed by atoms with Crippen molar-refractivity contribution < 1.29 is 9.47 Å². The van der Waals surface area contributed by atoms with Crippen molar-refractivity contribution in [3.8, 4) is 5.75 Å². The van der Waals surface area contributed by atoms with E-state index in [-0.39, 0.29) is 0 Å². The SMILES string of the molecule is CCC1CN(CCCOc2cccc(CN)c2)CCO1. The van der Waals surface area contributed by atoms with E-state index in [9.17, 15) is 0 Å². The van der Waals surface area contributed by atoms with Crippen LogP contribution in [0.4, 0.5) is 0 Å². The Hall–Kier alpha value is -1.10. The number of morpholine rings is 1. The van der Waals surface area contributed by atoms with E-state index in [1.54, 1.807) is 0 Å². The van der Waals surface area contributed by atoms with Gasteiger partial charge in [0.05, 0.1) is 19.3 Å². The Bertz CT molecular complexity index is 398. The number of rotatable bonds is 7. The fourth-order valence-electron chi connectivity index (χ4n) is 2.47. The Balaban J connectivity index is 1.65. The molecular weight excluding hydrogens is 252 g/mol. The zero-order valence-corrected chi connectivity index (χ0v) is 12.4. The molecule has 0 saturated carbocycles. The van der Waals surface area contributed by atoms with Gasteiger partial charge in [-0.3, -0.25) is 4.90 Å². The van der Waals surface area contributed by atoms with Crippen LogP contribution in [-0.2, 0) is 11.3 Å². The van der Waals surface area contributed by atoms with Gasteiger partial charge in [0.2, 0.25) is 0 Å².